The first-order valence-electron chi connectivity index (χ1n) is 8.77. The van der Waals surface area contributed by atoms with Gasteiger partial charge in [0.1, 0.15) is 12.1 Å². The number of piperazine rings is 1. The number of anilines is 1. The molecule has 2 aliphatic rings. The molecule has 2 fully saturated rings. The molecule has 2 aliphatic heterocycles. The molecule has 3 N–H and O–H groups in total. The second-order valence-electron chi connectivity index (χ2n) is 7.24. The van der Waals surface area contributed by atoms with E-state index in [1.807, 2.05) is 13.8 Å². The van der Waals surface area contributed by atoms with Crippen molar-refractivity contribution >= 4 is 35.1 Å². The minimum absolute atomic E-state index is 0.0668. The summed E-state index contributed by atoms with van der Waals surface area (Å²) >= 11 is 5.90. The highest BCUT2D eigenvalue weighted by Gasteiger charge is 2.46. The van der Waals surface area contributed by atoms with E-state index >= 15 is 0 Å². The molecule has 1 aromatic carbocycles. The monoisotopic (exact) mass is 378 g/mol. The number of nitrogens with one attached hydrogen (secondary N) is 3. The van der Waals surface area contributed by atoms with Gasteiger partial charge in [-0.15, -0.1) is 0 Å². The molecule has 0 spiro atoms. The second-order valence-corrected chi connectivity index (χ2v) is 7.67. The van der Waals surface area contributed by atoms with Crippen LogP contribution in [-0.2, 0) is 9.59 Å². The molecule has 4 amide bonds. The van der Waals surface area contributed by atoms with Crippen LogP contribution < -0.4 is 16.0 Å². The van der Waals surface area contributed by atoms with Crippen LogP contribution in [0.25, 0.3) is 0 Å². The summed E-state index contributed by atoms with van der Waals surface area (Å²) in [5.41, 5.74) is 0.580. The SMILES string of the molecule is CC(C)C[C@H]1NC(=O)[C@@H]2C[C@H](NC(=O)Nc3cccc(Cl)c3)CN2C1=O. The molecule has 3 rings (SSSR count). The number of halogens is 1. The first kappa shape index (κ1) is 18.5. The molecule has 0 radical (unpaired) electrons. The number of fused-ring (bicyclic) bond motifs is 1. The lowest BCUT2D eigenvalue weighted by molar-refractivity contribution is -0.147. The summed E-state index contributed by atoms with van der Waals surface area (Å²) in [5.74, 6) is 0.0958. The van der Waals surface area contributed by atoms with Gasteiger partial charge >= 0.3 is 6.03 Å². The third kappa shape index (κ3) is 4.09. The highest BCUT2D eigenvalue weighted by atomic mass is 35.5. The van der Waals surface area contributed by atoms with E-state index < -0.39 is 12.1 Å². The maximum Gasteiger partial charge on any atom is 0.319 e. The van der Waals surface area contributed by atoms with Crippen molar-refractivity contribution in [1.29, 1.82) is 0 Å². The van der Waals surface area contributed by atoms with E-state index in [4.69, 9.17) is 11.6 Å². The van der Waals surface area contributed by atoms with Crippen LogP contribution in [0.15, 0.2) is 24.3 Å². The molecular formula is C18H23ClN4O3. The molecule has 140 valence electrons. The Hall–Kier alpha value is -2.28. The Morgan fingerprint density at radius 1 is 1.38 bits per heavy atom. The van der Waals surface area contributed by atoms with Gasteiger partial charge in [0.15, 0.2) is 0 Å². The van der Waals surface area contributed by atoms with Crippen molar-refractivity contribution in [2.45, 2.75) is 44.8 Å². The first-order chi connectivity index (χ1) is 12.3. The van der Waals surface area contributed by atoms with Gasteiger partial charge in [0.2, 0.25) is 11.8 Å². The number of urea groups is 1. The fourth-order valence-corrected chi connectivity index (χ4v) is 3.70. The van der Waals surface area contributed by atoms with Crippen LogP contribution in [0.3, 0.4) is 0 Å². The zero-order valence-corrected chi connectivity index (χ0v) is 15.5. The number of amides is 4. The molecule has 0 aliphatic carbocycles. The van der Waals surface area contributed by atoms with Gasteiger partial charge in [-0.3, -0.25) is 9.59 Å². The van der Waals surface area contributed by atoms with Crippen molar-refractivity contribution in [3.63, 3.8) is 0 Å². The van der Waals surface area contributed by atoms with Crippen LogP contribution in [-0.4, -0.2) is 47.4 Å². The van der Waals surface area contributed by atoms with Crippen LogP contribution in [0.4, 0.5) is 10.5 Å². The lowest BCUT2D eigenvalue weighted by Gasteiger charge is -2.35. The fourth-order valence-electron chi connectivity index (χ4n) is 3.51. The summed E-state index contributed by atoms with van der Waals surface area (Å²) in [7, 11) is 0. The maximum absolute atomic E-state index is 12.6. The van der Waals surface area contributed by atoms with E-state index in [1.165, 1.54) is 0 Å². The smallest absolute Gasteiger partial charge is 0.319 e. The van der Waals surface area contributed by atoms with Gasteiger partial charge in [0.05, 0.1) is 6.04 Å². The minimum atomic E-state index is -0.512. The summed E-state index contributed by atoms with van der Waals surface area (Å²) < 4.78 is 0. The summed E-state index contributed by atoms with van der Waals surface area (Å²) in [6.07, 6.45) is 1.02. The topological polar surface area (TPSA) is 90.5 Å². The van der Waals surface area contributed by atoms with Crippen molar-refractivity contribution in [3.05, 3.63) is 29.3 Å². The Kier molecular flexibility index (Phi) is 5.36. The van der Waals surface area contributed by atoms with Crippen molar-refractivity contribution in [3.8, 4) is 0 Å². The van der Waals surface area contributed by atoms with Gasteiger partial charge in [0, 0.05) is 17.3 Å². The number of carbonyl (C=O) groups excluding carboxylic acids is 3. The average molecular weight is 379 g/mol. The minimum Gasteiger partial charge on any atom is -0.342 e. The Balaban J connectivity index is 1.59. The molecule has 26 heavy (non-hydrogen) atoms. The average Bonchev–Trinajstić information content (AvgIpc) is 2.96. The summed E-state index contributed by atoms with van der Waals surface area (Å²) in [5, 5.41) is 8.89. The number of nitrogens with zero attached hydrogens (tertiary/aromatic N) is 1. The van der Waals surface area contributed by atoms with Gasteiger partial charge in [-0.05, 0) is 37.0 Å². The number of carbonyl (C=O) groups is 3. The van der Waals surface area contributed by atoms with Crippen LogP contribution >= 0.6 is 11.6 Å². The van der Waals surface area contributed by atoms with E-state index in [2.05, 4.69) is 16.0 Å². The normalized spacial score (nSPS) is 25.1. The lowest BCUT2D eigenvalue weighted by Crippen LogP contribution is -2.61. The van der Waals surface area contributed by atoms with Gasteiger partial charge in [-0.1, -0.05) is 31.5 Å². The highest BCUT2D eigenvalue weighted by molar-refractivity contribution is 6.30. The Morgan fingerprint density at radius 2 is 2.15 bits per heavy atom. The highest BCUT2D eigenvalue weighted by Crippen LogP contribution is 2.25. The van der Waals surface area contributed by atoms with Crippen LogP contribution in [0.1, 0.15) is 26.7 Å². The standard InChI is InChI=1S/C18H23ClN4O3/c1-10(2)6-14-17(25)23-9-13(8-15(23)16(24)22-14)21-18(26)20-12-5-3-4-11(19)7-12/h3-5,7,10,13-15H,6,8-9H2,1-2H3,(H,22,24)(H2,20,21,26)/t13-,14+,15-/m0/s1. The van der Waals surface area contributed by atoms with Crippen molar-refractivity contribution in [1.82, 2.24) is 15.5 Å². The van der Waals surface area contributed by atoms with Crippen LogP contribution in [0.5, 0.6) is 0 Å². The Labute approximate surface area is 157 Å². The van der Waals surface area contributed by atoms with E-state index in [1.54, 1.807) is 29.2 Å². The number of hydrogen-bond donors (Lipinski definition) is 3. The van der Waals surface area contributed by atoms with Gasteiger partial charge in [0.25, 0.3) is 0 Å². The molecule has 2 saturated heterocycles. The summed E-state index contributed by atoms with van der Waals surface area (Å²) in [6.45, 7) is 4.37. The van der Waals surface area contributed by atoms with Crippen molar-refractivity contribution < 1.29 is 14.4 Å². The van der Waals surface area contributed by atoms with Crippen molar-refractivity contribution in [2.24, 2.45) is 5.92 Å². The zero-order chi connectivity index (χ0) is 18.8. The fraction of sp³-hybridized carbons (Fsp3) is 0.500. The summed E-state index contributed by atoms with van der Waals surface area (Å²) in [6, 6.07) is 5.20. The van der Waals surface area contributed by atoms with E-state index in [0.29, 0.717) is 36.0 Å². The van der Waals surface area contributed by atoms with E-state index in [0.717, 1.165) is 0 Å². The number of hydrogen-bond acceptors (Lipinski definition) is 3. The van der Waals surface area contributed by atoms with Gasteiger partial charge in [-0.25, -0.2) is 4.79 Å². The molecule has 3 atom stereocenters. The molecule has 1 aromatic rings. The number of rotatable bonds is 4. The number of benzene rings is 1. The molecule has 7 nitrogen and oxygen atoms in total. The maximum atomic E-state index is 12.6. The van der Waals surface area contributed by atoms with Gasteiger partial charge < -0.3 is 20.9 Å². The Morgan fingerprint density at radius 3 is 2.85 bits per heavy atom. The molecule has 0 unspecified atom stereocenters. The molecule has 8 heteroatoms. The molecule has 0 aromatic heterocycles. The zero-order valence-electron chi connectivity index (χ0n) is 14.8. The predicted octanol–water partition coefficient (Wildman–Crippen LogP) is 1.98. The molecular weight excluding hydrogens is 356 g/mol. The largest absolute Gasteiger partial charge is 0.342 e. The molecule has 0 bridgehead atoms. The second kappa shape index (κ2) is 7.53. The quantitative estimate of drug-likeness (QED) is 0.748. The lowest BCUT2D eigenvalue weighted by atomic mass is 9.99. The predicted molar refractivity (Wildman–Crippen MR) is 98.9 cm³/mol. The van der Waals surface area contributed by atoms with Gasteiger partial charge in [-0.2, -0.15) is 0 Å². The Bertz CT molecular complexity index is 724. The van der Waals surface area contributed by atoms with Crippen LogP contribution in [0, 0.1) is 5.92 Å². The molecule has 2 heterocycles. The summed E-state index contributed by atoms with van der Waals surface area (Å²) in [4.78, 5) is 38.7. The third-order valence-electron chi connectivity index (χ3n) is 4.63. The van der Waals surface area contributed by atoms with E-state index in [-0.39, 0.29) is 23.9 Å². The first-order valence-corrected chi connectivity index (χ1v) is 9.15. The van der Waals surface area contributed by atoms with E-state index in [9.17, 15) is 14.4 Å². The molecule has 0 saturated carbocycles. The van der Waals surface area contributed by atoms with Crippen molar-refractivity contribution in [2.75, 3.05) is 11.9 Å². The third-order valence-corrected chi connectivity index (χ3v) is 4.86. The van der Waals surface area contributed by atoms with Crippen LogP contribution in [0.2, 0.25) is 5.02 Å².